The summed E-state index contributed by atoms with van der Waals surface area (Å²) in [5.41, 5.74) is 7.27. The fraction of sp³-hybridized carbons (Fsp3) is 0.571. The minimum absolute atomic E-state index is 0.0557. The van der Waals surface area contributed by atoms with Crippen LogP contribution >= 0.6 is 11.8 Å². The maximum absolute atomic E-state index is 7.59. The Morgan fingerprint density at radius 2 is 2.32 bits per heavy atom. The van der Waals surface area contributed by atoms with Crippen LogP contribution in [0.15, 0.2) is 18.3 Å². The number of nitrogens with two attached hydrogens (primary N) is 1. The minimum atomic E-state index is 0.0557. The first kappa shape index (κ1) is 14.3. The van der Waals surface area contributed by atoms with Crippen LogP contribution in [0.3, 0.4) is 0 Å². The summed E-state index contributed by atoms with van der Waals surface area (Å²) in [5, 5.41) is 7.59. The second-order valence-corrected chi connectivity index (χ2v) is 7.36. The number of rotatable bonds is 3. The lowest BCUT2D eigenvalue weighted by Gasteiger charge is -2.23. The Hall–Kier alpha value is -1.07. The third kappa shape index (κ3) is 3.94. The highest BCUT2D eigenvalue weighted by Gasteiger charge is 2.24. The number of thioether (sulfide) groups is 1. The van der Waals surface area contributed by atoms with Gasteiger partial charge in [0.25, 0.3) is 0 Å². The maximum atomic E-state index is 7.59. The molecule has 2 heterocycles. The summed E-state index contributed by atoms with van der Waals surface area (Å²) >= 11 is 2.04. The topological polar surface area (TPSA) is 66.0 Å². The van der Waals surface area contributed by atoms with E-state index in [9.17, 15) is 0 Å². The van der Waals surface area contributed by atoms with Crippen LogP contribution in [0.5, 0.6) is 0 Å². The van der Waals surface area contributed by atoms with E-state index in [0.29, 0.717) is 10.4 Å². The van der Waals surface area contributed by atoms with Crippen molar-refractivity contribution < 1.29 is 0 Å². The predicted molar refractivity (Wildman–Crippen MR) is 81.7 cm³/mol. The summed E-state index contributed by atoms with van der Waals surface area (Å²) in [7, 11) is 0. The standard InChI is InChI=1S/C14H22N4S/c1-14(2)5-7-18(8-9-19-14)10-11-4-3-6-17-12(11)13(15)16/h3-4,6H,5,7-10H2,1-2H3,(H3,15,16). The molecule has 0 spiro atoms. The van der Waals surface area contributed by atoms with Crippen LogP contribution in [0.1, 0.15) is 31.5 Å². The molecule has 0 unspecified atom stereocenters. The van der Waals surface area contributed by atoms with Crippen molar-refractivity contribution in [3.63, 3.8) is 0 Å². The van der Waals surface area contributed by atoms with Gasteiger partial charge >= 0.3 is 0 Å². The molecule has 0 aromatic carbocycles. The molecule has 0 saturated carbocycles. The zero-order valence-electron chi connectivity index (χ0n) is 11.6. The number of aromatic nitrogens is 1. The molecule has 2 rings (SSSR count). The van der Waals surface area contributed by atoms with E-state index in [1.165, 1.54) is 6.42 Å². The molecule has 1 aromatic rings. The van der Waals surface area contributed by atoms with Gasteiger partial charge in [-0.1, -0.05) is 19.9 Å². The molecule has 104 valence electrons. The van der Waals surface area contributed by atoms with Crippen LogP contribution in [-0.4, -0.2) is 39.3 Å². The van der Waals surface area contributed by atoms with E-state index >= 15 is 0 Å². The minimum Gasteiger partial charge on any atom is -0.382 e. The molecule has 0 aliphatic carbocycles. The van der Waals surface area contributed by atoms with Gasteiger partial charge in [0, 0.05) is 29.8 Å². The molecule has 0 atom stereocenters. The van der Waals surface area contributed by atoms with Gasteiger partial charge in [-0.2, -0.15) is 11.8 Å². The lowest BCUT2D eigenvalue weighted by Crippen LogP contribution is -2.28. The first-order chi connectivity index (χ1) is 8.98. The molecule has 0 radical (unpaired) electrons. The van der Waals surface area contributed by atoms with Crippen LogP contribution in [0, 0.1) is 5.41 Å². The fourth-order valence-electron chi connectivity index (χ4n) is 2.27. The van der Waals surface area contributed by atoms with Crippen LogP contribution in [0.4, 0.5) is 0 Å². The van der Waals surface area contributed by atoms with E-state index in [0.717, 1.165) is 31.0 Å². The van der Waals surface area contributed by atoms with Gasteiger partial charge in [-0.05, 0) is 24.6 Å². The predicted octanol–water partition coefficient (Wildman–Crippen LogP) is 2.08. The third-order valence-electron chi connectivity index (χ3n) is 3.47. The van der Waals surface area contributed by atoms with Crippen LogP contribution in [0.25, 0.3) is 0 Å². The molecule has 1 aromatic heterocycles. The van der Waals surface area contributed by atoms with Crippen molar-refractivity contribution in [2.24, 2.45) is 5.73 Å². The Balaban J connectivity index is 2.07. The quantitative estimate of drug-likeness (QED) is 0.656. The van der Waals surface area contributed by atoms with E-state index in [4.69, 9.17) is 11.1 Å². The molecule has 0 amide bonds. The van der Waals surface area contributed by atoms with E-state index < -0.39 is 0 Å². The monoisotopic (exact) mass is 278 g/mol. The number of hydrogen-bond acceptors (Lipinski definition) is 4. The van der Waals surface area contributed by atoms with Gasteiger partial charge in [0.1, 0.15) is 11.5 Å². The fourth-order valence-corrected chi connectivity index (χ4v) is 3.41. The Labute approximate surface area is 119 Å². The summed E-state index contributed by atoms with van der Waals surface area (Å²) in [5.74, 6) is 1.21. The van der Waals surface area contributed by atoms with Crippen molar-refractivity contribution in [1.82, 2.24) is 9.88 Å². The second-order valence-electron chi connectivity index (χ2n) is 5.56. The molecular weight excluding hydrogens is 256 g/mol. The van der Waals surface area contributed by atoms with Crippen molar-refractivity contribution in [1.29, 1.82) is 5.41 Å². The summed E-state index contributed by atoms with van der Waals surface area (Å²) in [6.45, 7) is 7.63. The van der Waals surface area contributed by atoms with Crippen molar-refractivity contribution in [3.05, 3.63) is 29.6 Å². The van der Waals surface area contributed by atoms with Crippen LogP contribution < -0.4 is 5.73 Å². The molecule has 0 bridgehead atoms. The zero-order chi connectivity index (χ0) is 13.9. The van der Waals surface area contributed by atoms with E-state index in [1.54, 1.807) is 6.20 Å². The molecule has 1 aliphatic rings. The average Bonchev–Trinajstić information content (AvgIpc) is 2.51. The van der Waals surface area contributed by atoms with Gasteiger partial charge in [-0.3, -0.25) is 15.3 Å². The molecule has 1 aliphatic heterocycles. The van der Waals surface area contributed by atoms with Crippen molar-refractivity contribution >= 4 is 17.6 Å². The lowest BCUT2D eigenvalue weighted by atomic mass is 10.1. The van der Waals surface area contributed by atoms with Gasteiger partial charge < -0.3 is 5.73 Å². The highest BCUT2D eigenvalue weighted by atomic mass is 32.2. The Morgan fingerprint density at radius 3 is 3.05 bits per heavy atom. The largest absolute Gasteiger partial charge is 0.382 e. The molecule has 1 fully saturated rings. The number of nitrogens with zero attached hydrogens (tertiary/aromatic N) is 2. The number of pyridine rings is 1. The summed E-state index contributed by atoms with van der Waals surface area (Å²) < 4.78 is 0.368. The first-order valence-corrected chi connectivity index (χ1v) is 7.61. The van der Waals surface area contributed by atoms with Gasteiger partial charge in [0.15, 0.2) is 0 Å². The van der Waals surface area contributed by atoms with E-state index in [1.807, 2.05) is 23.9 Å². The Bertz CT molecular complexity index is 459. The lowest BCUT2D eigenvalue weighted by molar-refractivity contribution is 0.276. The Morgan fingerprint density at radius 1 is 1.53 bits per heavy atom. The van der Waals surface area contributed by atoms with Gasteiger partial charge in [0.05, 0.1) is 0 Å². The van der Waals surface area contributed by atoms with Crippen molar-refractivity contribution in [3.8, 4) is 0 Å². The van der Waals surface area contributed by atoms with Crippen LogP contribution in [0.2, 0.25) is 0 Å². The summed E-state index contributed by atoms with van der Waals surface area (Å²) in [4.78, 5) is 6.65. The third-order valence-corrected chi connectivity index (χ3v) is 4.84. The molecular formula is C14H22N4S. The molecule has 1 saturated heterocycles. The zero-order valence-corrected chi connectivity index (χ0v) is 12.5. The number of nitrogens with one attached hydrogen (secondary N) is 1. The molecule has 19 heavy (non-hydrogen) atoms. The molecule has 4 nitrogen and oxygen atoms in total. The van der Waals surface area contributed by atoms with Crippen molar-refractivity contribution in [2.75, 3.05) is 18.8 Å². The number of amidine groups is 1. The Kier molecular flexibility index (Phi) is 4.47. The second kappa shape index (κ2) is 5.92. The van der Waals surface area contributed by atoms with Gasteiger partial charge in [0.2, 0.25) is 0 Å². The smallest absolute Gasteiger partial charge is 0.142 e. The van der Waals surface area contributed by atoms with Gasteiger partial charge in [-0.15, -0.1) is 0 Å². The normalized spacial score (nSPS) is 19.9. The van der Waals surface area contributed by atoms with Crippen LogP contribution in [-0.2, 0) is 6.54 Å². The molecule has 5 heteroatoms. The number of hydrogen-bond donors (Lipinski definition) is 2. The molecule has 3 N–H and O–H groups in total. The van der Waals surface area contributed by atoms with E-state index in [2.05, 4.69) is 23.7 Å². The highest BCUT2D eigenvalue weighted by Crippen LogP contribution is 2.31. The SMILES string of the molecule is CC1(C)CCN(Cc2cccnc2C(=N)N)CCS1. The van der Waals surface area contributed by atoms with E-state index in [-0.39, 0.29) is 5.84 Å². The van der Waals surface area contributed by atoms with Crippen molar-refractivity contribution in [2.45, 2.75) is 31.6 Å². The summed E-state index contributed by atoms with van der Waals surface area (Å²) in [6, 6.07) is 3.94. The number of nitrogen functional groups attached to an aromatic ring is 1. The maximum Gasteiger partial charge on any atom is 0.142 e. The summed E-state index contributed by atoms with van der Waals surface area (Å²) in [6.07, 6.45) is 2.88. The average molecular weight is 278 g/mol. The van der Waals surface area contributed by atoms with Gasteiger partial charge in [-0.25, -0.2) is 0 Å². The highest BCUT2D eigenvalue weighted by molar-refractivity contribution is 8.00. The first-order valence-electron chi connectivity index (χ1n) is 6.62.